The van der Waals surface area contributed by atoms with E-state index in [1.54, 1.807) is 11.8 Å². The van der Waals surface area contributed by atoms with Crippen molar-refractivity contribution in [2.24, 2.45) is 4.99 Å². The molecule has 1 aromatic carbocycles. The molecule has 1 unspecified atom stereocenters. The highest BCUT2D eigenvalue weighted by molar-refractivity contribution is 8.02. The number of hydrogen-bond acceptors (Lipinski definition) is 4. The summed E-state index contributed by atoms with van der Waals surface area (Å²) in [4.78, 5) is 4.64. The molecule has 2 N–H and O–H groups in total. The summed E-state index contributed by atoms with van der Waals surface area (Å²) in [5.41, 5.74) is 3.35. The lowest BCUT2D eigenvalue weighted by atomic mass is 10.1. The quantitative estimate of drug-likeness (QED) is 0.778. The van der Waals surface area contributed by atoms with Crippen LogP contribution in [0.2, 0.25) is 0 Å². The molecular formula is C14H14ClN3S. The third-order valence-electron chi connectivity index (χ3n) is 3.13. The van der Waals surface area contributed by atoms with Crippen LogP contribution in [0.3, 0.4) is 0 Å². The van der Waals surface area contributed by atoms with Gasteiger partial charge in [-0.1, -0.05) is 29.8 Å². The van der Waals surface area contributed by atoms with Crippen LogP contribution < -0.4 is 10.6 Å². The van der Waals surface area contributed by atoms with Crippen molar-refractivity contribution < 1.29 is 0 Å². The zero-order valence-electron chi connectivity index (χ0n) is 10.5. The molecule has 0 radical (unpaired) electrons. The number of hydrogen-bond donors (Lipinski definition) is 2. The lowest BCUT2D eigenvalue weighted by molar-refractivity contribution is 0.882. The Kier molecular flexibility index (Phi) is 3.53. The number of benzene rings is 1. The molecule has 0 aromatic heterocycles. The van der Waals surface area contributed by atoms with E-state index in [0.29, 0.717) is 11.1 Å². The van der Waals surface area contributed by atoms with Gasteiger partial charge in [-0.2, -0.15) is 0 Å². The maximum absolute atomic E-state index is 6.29. The molecule has 3 rings (SSSR count). The van der Waals surface area contributed by atoms with Gasteiger partial charge in [-0.15, -0.1) is 11.8 Å². The monoisotopic (exact) mass is 291 g/mol. The van der Waals surface area contributed by atoms with E-state index in [1.807, 2.05) is 18.2 Å². The van der Waals surface area contributed by atoms with Crippen LogP contribution in [0.1, 0.15) is 5.56 Å². The lowest BCUT2D eigenvalue weighted by Crippen LogP contribution is -2.36. The van der Waals surface area contributed by atoms with Gasteiger partial charge in [0.25, 0.3) is 0 Å². The lowest BCUT2D eigenvalue weighted by Gasteiger charge is -2.26. The predicted octanol–water partition coefficient (Wildman–Crippen LogP) is 3.45. The van der Waals surface area contributed by atoms with Gasteiger partial charge in [0.1, 0.15) is 5.16 Å². The Morgan fingerprint density at radius 1 is 1.42 bits per heavy atom. The molecule has 1 aromatic rings. The number of aliphatic imine (C=N–C) groups is 1. The Morgan fingerprint density at radius 3 is 3.11 bits per heavy atom. The number of guanidine groups is 1. The highest BCUT2D eigenvalue weighted by Gasteiger charge is 2.23. The molecule has 0 fully saturated rings. The summed E-state index contributed by atoms with van der Waals surface area (Å²) in [5.74, 6) is 1.60. The third kappa shape index (κ3) is 2.65. The number of fused-ring (bicyclic) bond motifs is 1. The van der Waals surface area contributed by atoms with Crippen LogP contribution in [0.4, 0.5) is 5.69 Å². The maximum Gasteiger partial charge on any atom is 0.201 e. The second-order valence-corrected chi connectivity index (χ2v) is 5.74. The zero-order chi connectivity index (χ0) is 13.2. The van der Waals surface area contributed by atoms with Crippen molar-refractivity contribution in [3.05, 3.63) is 52.0 Å². The fourth-order valence-electron chi connectivity index (χ4n) is 2.04. The molecule has 0 bridgehead atoms. The van der Waals surface area contributed by atoms with Gasteiger partial charge < -0.3 is 10.6 Å². The third-order valence-corrected chi connectivity index (χ3v) is 4.29. The second-order valence-electron chi connectivity index (χ2n) is 4.47. The van der Waals surface area contributed by atoms with E-state index in [0.717, 1.165) is 17.0 Å². The minimum Gasteiger partial charge on any atom is -0.326 e. The van der Waals surface area contributed by atoms with Crippen LogP contribution in [0.15, 0.2) is 51.5 Å². The standard InChI is InChI=1S/C14H14ClN3S/c1-9-4-2-3-5-11(9)16-14-17-12-6-7-19-8-10(12)13(15)18-14/h2-7,12H,8H2,1H3,(H2,16,17,18). The van der Waals surface area contributed by atoms with E-state index in [9.17, 15) is 0 Å². The number of anilines is 1. The van der Waals surface area contributed by atoms with Crippen molar-refractivity contribution in [2.45, 2.75) is 13.0 Å². The van der Waals surface area contributed by atoms with Gasteiger partial charge in [0.15, 0.2) is 0 Å². The van der Waals surface area contributed by atoms with Crippen molar-refractivity contribution in [2.75, 3.05) is 11.1 Å². The van der Waals surface area contributed by atoms with Gasteiger partial charge in [-0.25, -0.2) is 4.99 Å². The summed E-state index contributed by atoms with van der Waals surface area (Å²) >= 11 is 8.03. The fourth-order valence-corrected chi connectivity index (χ4v) is 3.24. The second kappa shape index (κ2) is 5.31. The van der Waals surface area contributed by atoms with Crippen molar-refractivity contribution >= 4 is 35.0 Å². The van der Waals surface area contributed by atoms with Crippen LogP contribution in [0, 0.1) is 6.92 Å². The fraction of sp³-hybridized carbons (Fsp3) is 0.214. The van der Waals surface area contributed by atoms with E-state index in [1.165, 1.54) is 5.56 Å². The number of rotatable bonds is 1. The molecule has 5 heteroatoms. The molecule has 2 aliphatic heterocycles. The number of nitrogens with one attached hydrogen (secondary N) is 2. The van der Waals surface area contributed by atoms with E-state index in [4.69, 9.17) is 11.6 Å². The Balaban J connectivity index is 1.84. The smallest absolute Gasteiger partial charge is 0.201 e. The summed E-state index contributed by atoms with van der Waals surface area (Å²) < 4.78 is 0. The van der Waals surface area contributed by atoms with Crippen molar-refractivity contribution in [3.8, 4) is 0 Å². The minimum atomic E-state index is 0.0570. The van der Waals surface area contributed by atoms with Gasteiger partial charge in [0.2, 0.25) is 5.96 Å². The normalized spacial score (nSPS) is 21.6. The molecule has 0 saturated carbocycles. The minimum absolute atomic E-state index is 0.0570. The van der Waals surface area contributed by atoms with Gasteiger partial charge in [-0.3, -0.25) is 0 Å². The SMILES string of the molecule is Cc1ccccc1NC1=NC2C=CSCC2=C(Cl)N1. The maximum atomic E-state index is 6.29. The van der Waals surface area contributed by atoms with E-state index >= 15 is 0 Å². The van der Waals surface area contributed by atoms with E-state index in [2.05, 4.69) is 40.1 Å². The number of para-hydroxylation sites is 1. The van der Waals surface area contributed by atoms with Gasteiger partial charge in [0.05, 0.1) is 6.04 Å². The van der Waals surface area contributed by atoms with Crippen LogP contribution in [-0.4, -0.2) is 17.8 Å². The van der Waals surface area contributed by atoms with Crippen LogP contribution in [0.5, 0.6) is 0 Å². The molecule has 1 atom stereocenters. The molecule has 19 heavy (non-hydrogen) atoms. The Morgan fingerprint density at radius 2 is 2.26 bits per heavy atom. The Hall–Kier alpha value is -1.39. The summed E-state index contributed by atoms with van der Waals surface area (Å²) in [5, 5.41) is 9.19. The van der Waals surface area contributed by atoms with Gasteiger partial charge >= 0.3 is 0 Å². The Bertz CT molecular complexity index is 592. The molecule has 0 saturated heterocycles. The first-order chi connectivity index (χ1) is 9.24. The van der Waals surface area contributed by atoms with Gasteiger partial charge in [0, 0.05) is 17.0 Å². The first-order valence-corrected chi connectivity index (χ1v) is 7.51. The number of thioether (sulfide) groups is 1. The first kappa shape index (κ1) is 12.6. The topological polar surface area (TPSA) is 36.4 Å². The largest absolute Gasteiger partial charge is 0.326 e. The summed E-state index contributed by atoms with van der Waals surface area (Å²) in [6.45, 7) is 2.06. The first-order valence-electron chi connectivity index (χ1n) is 6.08. The van der Waals surface area contributed by atoms with Gasteiger partial charge in [-0.05, 0) is 30.0 Å². The Labute approximate surface area is 121 Å². The van der Waals surface area contributed by atoms with Crippen LogP contribution in [0.25, 0.3) is 0 Å². The van der Waals surface area contributed by atoms with Crippen LogP contribution >= 0.6 is 23.4 Å². The number of halogens is 1. The average molecular weight is 292 g/mol. The zero-order valence-corrected chi connectivity index (χ0v) is 12.1. The summed E-state index contributed by atoms with van der Waals surface area (Å²) in [6.07, 6.45) is 2.08. The summed E-state index contributed by atoms with van der Waals surface area (Å²) in [7, 11) is 0. The predicted molar refractivity (Wildman–Crippen MR) is 83.6 cm³/mol. The molecule has 0 aliphatic carbocycles. The molecular weight excluding hydrogens is 278 g/mol. The van der Waals surface area contributed by atoms with E-state index < -0.39 is 0 Å². The summed E-state index contributed by atoms with van der Waals surface area (Å²) in [6, 6.07) is 8.16. The average Bonchev–Trinajstić information content (AvgIpc) is 2.42. The molecule has 0 amide bonds. The van der Waals surface area contributed by atoms with Crippen molar-refractivity contribution in [1.82, 2.24) is 5.32 Å². The highest BCUT2D eigenvalue weighted by Crippen LogP contribution is 2.28. The molecule has 2 aliphatic rings. The molecule has 0 spiro atoms. The van der Waals surface area contributed by atoms with E-state index in [-0.39, 0.29) is 6.04 Å². The molecule has 98 valence electrons. The molecule has 2 heterocycles. The van der Waals surface area contributed by atoms with Crippen molar-refractivity contribution in [3.63, 3.8) is 0 Å². The highest BCUT2D eigenvalue weighted by atomic mass is 35.5. The van der Waals surface area contributed by atoms with Crippen LogP contribution in [-0.2, 0) is 0 Å². The molecule has 3 nitrogen and oxygen atoms in total. The van der Waals surface area contributed by atoms with Crippen molar-refractivity contribution in [1.29, 1.82) is 0 Å². The number of aryl methyl sites for hydroxylation is 1. The number of nitrogens with zero attached hydrogens (tertiary/aromatic N) is 1.